The van der Waals surface area contributed by atoms with E-state index in [0.29, 0.717) is 0 Å². The lowest BCUT2D eigenvalue weighted by Crippen LogP contribution is -2.00. The Morgan fingerprint density at radius 3 is 1.53 bits per heavy atom. The molecule has 96 valence electrons. The molecule has 0 aliphatic heterocycles. The Labute approximate surface area is 115 Å². The number of rotatable bonds is 0. The highest BCUT2D eigenvalue weighted by Gasteiger charge is 2.13. The smallest absolute Gasteiger partial charge is 0.00704 e. The van der Waals surface area contributed by atoms with Gasteiger partial charge in [0.05, 0.1) is 0 Å². The van der Waals surface area contributed by atoms with Crippen molar-refractivity contribution in [2.45, 2.75) is 33.1 Å². The predicted molar refractivity (Wildman–Crippen MR) is 84.8 cm³/mol. The standard InChI is InChI=1S/C16H12.C3H8/c1-3-11-7-9-13-5-2-6-14-10-8-12(4-1)15(11)16(13)14;1-3-2/h1-7,9H,8,10H2;3H2,1-2H3. The summed E-state index contributed by atoms with van der Waals surface area (Å²) in [5.74, 6) is 0. The summed E-state index contributed by atoms with van der Waals surface area (Å²) in [6.07, 6.45) is 3.63. The molecule has 0 fully saturated rings. The molecule has 0 heteroatoms. The van der Waals surface area contributed by atoms with E-state index in [1.807, 2.05) is 0 Å². The monoisotopic (exact) mass is 248 g/mol. The minimum Gasteiger partial charge on any atom is -0.0656 e. The first-order chi connectivity index (χ1) is 9.35. The third kappa shape index (κ3) is 2.02. The molecule has 4 rings (SSSR count). The minimum absolute atomic E-state index is 1.19. The molecule has 1 aliphatic carbocycles. The van der Waals surface area contributed by atoms with Crippen LogP contribution in [0.4, 0.5) is 0 Å². The first-order valence-electron chi connectivity index (χ1n) is 7.27. The largest absolute Gasteiger partial charge is 0.0656 e. The van der Waals surface area contributed by atoms with Crippen LogP contribution < -0.4 is 0 Å². The zero-order valence-corrected chi connectivity index (χ0v) is 11.7. The second-order valence-electron chi connectivity index (χ2n) is 5.30. The highest BCUT2D eigenvalue weighted by Crippen LogP contribution is 2.35. The second-order valence-corrected chi connectivity index (χ2v) is 5.30. The molecular weight excluding hydrogens is 228 g/mol. The maximum atomic E-state index is 2.28. The summed E-state index contributed by atoms with van der Waals surface area (Å²) < 4.78 is 0. The van der Waals surface area contributed by atoms with Gasteiger partial charge in [-0.3, -0.25) is 0 Å². The van der Waals surface area contributed by atoms with E-state index in [0.717, 1.165) is 0 Å². The number of benzene rings is 3. The lowest BCUT2D eigenvalue weighted by molar-refractivity contribution is 0.968. The van der Waals surface area contributed by atoms with E-state index in [1.54, 1.807) is 0 Å². The van der Waals surface area contributed by atoms with Gasteiger partial charge in [0.1, 0.15) is 0 Å². The van der Waals surface area contributed by atoms with E-state index in [4.69, 9.17) is 0 Å². The second kappa shape index (κ2) is 5.05. The number of hydrogen-bond donors (Lipinski definition) is 0. The van der Waals surface area contributed by atoms with Crippen LogP contribution in [0.5, 0.6) is 0 Å². The van der Waals surface area contributed by atoms with Crippen LogP contribution in [0, 0.1) is 0 Å². The summed E-state index contributed by atoms with van der Waals surface area (Å²) in [4.78, 5) is 0. The Kier molecular flexibility index (Phi) is 3.25. The first kappa shape index (κ1) is 12.2. The topological polar surface area (TPSA) is 0 Å². The molecule has 3 aromatic carbocycles. The van der Waals surface area contributed by atoms with Crippen molar-refractivity contribution >= 4 is 21.5 Å². The zero-order chi connectivity index (χ0) is 13.2. The fraction of sp³-hybridized carbons (Fsp3) is 0.263. The SMILES string of the molecule is CCC.c1cc2c3c(c1)ccc1cccc(c13)CC2. The first-order valence-corrected chi connectivity index (χ1v) is 7.27. The van der Waals surface area contributed by atoms with Crippen molar-refractivity contribution in [3.8, 4) is 0 Å². The highest BCUT2D eigenvalue weighted by atomic mass is 14.2. The van der Waals surface area contributed by atoms with Crippen molar-refractivity contribution in [3.05, 3.63) is 59.7 Å². The highest BCUT2D eigenvalue weighted by molar-refractivity contribution is 6.11. The van der Waals surface area contributed by atoms with E-state index in [9.17, 15) is 0 Å². The van der Waals surface area contributed by atoms with Gasteiger partial charge in [0.2, 0.25) is 0 Å². The van der Waals surface area contributed by atoms with Crippen LogP contribution in [0.2, 0.25) is 0 Å². The summed E-state index contributed by atoms with van der Waals surface area (Å²) in [7, 11) is 0. The summed E-state index contributed by atoms with van der Waals surface area (Å²) in [6, 6.07) is 17.8. The molecule has 0 aromatic heterocycles. The minimum atomic E-state index is 1.19. The fourth-order valence-electron chi connectivity index (χ4n) is 2.99. The molecule has 0 spiro atoms. The van der Waals surface area contributed by atoms with Crippen LogP contribution in [0.3, 0.4) is 0 Å². The van der Waals surface area contributed by atoms with Crippen LogP contribution in [0.15, 0.2) is 48.5 Å². The van der Waals surface area contributed by atoms with Gasteiger partial charge >= 0.3 is 0 Å². The van der Waals surface area contributed by atoms with Gasteiger partial charge in [-0.25, -0.2) is 0 Å². The van der Waals surface area contributed by atoms with Crippen LogP contribution in [-0.4, -0.2) is 0 Å². The zero-order valence-electron chi connectivity index (χ0n) is 11.7. The van der Waals surface area contributed by atoms with Crippen molar-refractivity contribution in [3.63, 3.8) is 0 Å². The average Bonchev–Trinajstić information content (AvgIpc) is 2.46. The van der Waals surface area contributed by atoms with E-state index in [1.165, 1.54) is 51.9 Å². The molecule has 0 bridgehead atoms. The van der Waals surface area contributed by atoms with Crippen molar-refractivity contribution in [2.24, 2.45) is 0 Å². The third-order valence-corrected chi connectivity index (χ3v) is 3.72. The maximum Gasteiger partial charge on any atom is -0.00704 e. The number of hydrogen-bond acceptors (Lipinski definition) is 0. The third-order valence-electron chi connectivity index (χ3n) is 3.72. The van der Waals surface area contributed by atoms with Crippen LogP contribution in [0.1, 0.15) is 31.4 Å². The summed E-state index contributed by atoms with van der Waals surface area (Å²) in [6.45, 7) is 4.25. The van der Waals surface area contributed by atoms with Crippen molar-refractivity contribution < 1.29 is 0 Å². The molecule has 0 saturated carbocycles. The van der Waals surface area contributed by atoms with Gasteiger partial charge in [-0.1, -0.05) is 68.8 Å². The molecule has 0 amide bonds. The van der Waals surface area contributed by atoms with Crippen molar-refractivity contribution in [1.29, 1.82) is 0 Å². The van der Waals surface area contributed by atoms with Gasteiger partial charge in [-0.15, -0.1) is 0 Å². The normalized spacial score (nSPS) is 12.5. The lowest BCUT2D eigenvalue weighted by atomic mass is 9.86. The summed E-state index contributed by atoms with van der Waals surface area (Å²) in [5.41, 5.74) is 3.03. The Hall–Kier alpha value is -1.82. The van der Waals surface area contributed by atoms with Crippen molar-refractivity contribution in [2.75, 3.05) is 0 Å². The molecule has 19 heavy (non-hydrogen) atoms. The molecule has 0 radical (unpaired) electrons. The van der Waals surface area contributed by atoms with Gasteiger partial charge in [-0.05, 0) is 45.5 Å². The molecule has 3 aromatic rings. The molecule has 0 heterocycles. The molecule has 0 unspecified atom stereocenters. The molecular formula is C19H20. The van der Waals surface area contributed by atoms with Gasteiger partial charge in [-0.2, -0.15) is 0 Å². The Bertz CT molecular complexity index is 660. The van der Waals surface area contributed by atoms with Gasteiger partial charge < -0.3 is 0 Å². The molecule has 0 nitrogen and oxygen atoms in total. The van der Waals surface area contributed by atoms with E-state index in [-0.39, 0.29) is 0 Å². The van der Waals surface area contributed by atoms with Gasteiger partial charge in [0.15, 0.2) is 0 Å². The number of aryl methyl sites for hydroxylation is 2. The predicted octanol–water partition coefficient (Wildman–Crippen LogP) is 5.51. The Morgan fingerprint density at radius 2 is 1.11 bits per heavy atom. The fourth-order valence-corrected chi connectivity index (χ4v) is 2.99. The van der Waals surface area contributed by atoms with E-state index in [2.05, 4.69) is 62.4 Å². The van der Waals surface area contributed by atoms with Crippen molar-refractivity contribution in [1.82, 2.24) is 0 Å². The average molecular weight is 248 g/mol. The van der Waals surface area contributed by atoms with Crippen LogP contribution in [0.25, 0.3) is 21.5 Å². The van der Waals surface area contributed by atoms with E-state index >= 15 is 0 Å². The quantitative estimate of drug-likeness (QED) is 0.460. The Morgan fingerprint density at radius 1 is 0.684 bits per heavy atom. The summed E-state index contributed by atoms with van der Waals surface area (Å²) >= 11 is 0. The molecule has 0 saturated heterocycles. The van der Waals surface area contributed by atoms with Gasteiger partial charge in [0.25, 0.3) is 0 Å². The van der Waals surface area contributed by atoms with Crippen LogP contribution >= 0.6 is 0 Å². The van der Waals surface area contributed by atoms with Gasteiger partial charge in [0, 0.05) is 0 Å². The molecule has 0 atom stereocenters. The summed E-state index contributed by atoms with van der Waals surface area (Å²) in [5, 5.41) is 5.75. The van der Waals surface area contributed by atoms with E-state index < -0.39 is 0 Å². The van der Waals surface area contributed by atoms with Crippen LogP contribution in [-0.2, 0) is 12.8 Å². The molecule has 0 N–H and O–H groups in total. The Balaban J connectivity index is 0.000000339. The molecule has 1 aliphatic rings. The lowest BCUT2D eigenvalue weighted by Gasteiger charge is -2.18. The maximum absolute atomic E-state index is 2.28.